The van der Waals surface area contributed by atoms with E-state index in [1.54, 1.807) is 10.7 Å². The number of nitrogens with two attached hydrogens (primary N) is 1. The van der Waals surface area contributed by atoms with Gasteiger partial charge in [0.05, 0.1) is 11.9 Å². The standard InChI is InChI=1S/C7H6BrN3/c8-5-2-1-3-11-7(5)6(9)4-10-11/h1-4H,9H2. The van der Waals surface area contributed by atoms with Crippen molar-refractivity contribution in [2.75, 3.05) is 5.73 Å². The Hall–Kier alpha value is -1.03. The predicted molar refractivity (Wildman–Crippen MR) is 47.3 cm³/mol. The number of hydrogen-bond acceptors (Lipinski definition) is 2. The van der Waals surface area contributed by atoms with E-state index < -0.39 is 0 Å². The van der Waals surface area contributed by atoms with E-state index in [0.29, 0.717) is 5.69 Å². The van der Waals surface area contributed by atoms with Crippen molar-refractivity contribution in [3.8, 4) is 0 Å². The number of aromatic nitrogens is 2. The van der Waals surface area contributed by atoms with Gasteiger partial charge in [0.1, 0.15) is 5.52 Å². The van der Waals surface area contributed by atoms with Crippen molar-refractivity contribution in [2.24, 2.45) is 0 Å². The summed E-state index contributed by atoms with van der Waals surface area (Å²) < 4.78 is 2.70. The van der Waals surface area contributed by atoms with Gasteiger partial charge in [-0.1, -0.05) is 0 Å². The zero-order valence-electron chi connectivity index (χ0n) is 5.66. The molecule has 0 unspecified atom stereocenters. The van der Waals surface area contributed by atoms with E-state index in [1.807, 2.05) is 18.3 Å². The van der Waals surface area contributed by atoms with Crippen LogP contribution in [0.1, 0.15) is 0 Å². The Morgan fingerprint density at radius 3 is 3.09 bits per heavy atom. The Labute approximate surface area is 71.9 Å². The monoisotopic (exact) mass is 211 g/mol. The first-order valence-corrected chi connectivity index (χ1v) is 3.95. The second-order valence-electron chi connectivity index (χ2n) is 2.25. The van der Waals surface area contributed by atoms with Gasteiger partial charge in [0.15, 0.2) is 0 Å². The molecule has 11 heavy (non-hydrogen) atoms. The lowest BCUT2D eigenvalue weighted by Gasteiger charge is -1.94. The molecule has 2 N–H and O–H groups in total. The summed E-state index contributed by atoms with van der Waals surface area (Å²) >= 11 is 3.39. The summed E-state index contributed by atoms with van der Waals surface area (Å²) in [6.07, 6.45) is 3.50. The van der Waals surface area contributed by atoms with Crippen LogP contribution in [0.25, 0.3) is 5.52 Å². The second kappa shape index (κ2) is 2.23. The van der Waals surface area contributed by atoms with E-state index in [2.05, 4.69) is 21.0 Å². The van der Waals surface area contributed by atoms with E-state index >= 15 is 0 Å². The molecule has 0 bridgehead atoms. The topological polar surface area (TPSA) is 43.3 Å². The molecule has 3 nitrogen and oxygen atoms in total. The maximum atomic E-state index is 5.66. The summed E-state index contributed by atoms with van der Waals surface area (Å²) in [5.41, 5.74) is 7.28. The van der Waals surface area contributed by atoms with Gasteiger partial charge in [-0.2, -0.15) is 5.10 Å². The number of rotatable bonds is 0. The van der Waals surface area contributed by atoms with Crippen LogP contribution < -0.4 is 5.73 Å². The Morgan fingerprint density at radius 1 is 1.55 bits per heavy atom. The third kappa shape index (κ3) is 0.903. The van der Waals surface area contributed by atoms with Crippen LogP contribution in [0.15, 0.2) is 29.0 Å². The van der Waals surface area contributed by atoms with E-state index in [4.69, 9.17) is 5.73 Å². The maximum absolute atomic E-state index is 5.66. The molecule has 0 saturated carbocycles. The smallest absolute Gasteiger partial charge is 0.103 e. The zero-order chi connectivity index (χ0) is 7.84. The van der Waals surface area contributed by atoms with Gasteiger partial charge in [-0.25, -0.2) is 4.52 Å². The van der Waals surface area contributed by atoms with Gasteiger partial charge in [0.2, 0.25) is 0 Å². The third-order valence-electron chi connectivity index (χ3n) is 1.52. The lowest BCUT2D eigenvalue weighted by atomic mass is 10.4. The van der Waals surface area contributed by atoms with Gasteiger partial charge in [0, 0.05) is 10.7 Å². The summed E-state index contributed by atoms with van der Waals surface area (Å²) in [6.45, 7) is 0. The summed E-state index contributed by atoms with van der Waals surface area (Å²) in [7, 11) is 0. The molecule has 2 aromatic rings. The van der Waals surface area contributed by atoms with Crippen molar-refractivity contribution in [1.82, 2.24) is 9.61 Å². The molecule has 4 heteroatoms. The largest absolute Gasteiger partial charge is 0.396 e. The number of anilines is 1. The minimum absolute atomic E-state index is 0.692. The molecule has 2 rings (SSSR count). The number of fused-ring (bicyclic) bond motifs is 1. The highest BCUT2D eigenvalue weighted by Gasteiger charge is 2.01. The fourth-order valence-corrected chi connectivity index (χ4v) is 1.59. The van der Waals surface area contributed by atoms with E-state index in [1.165, 1.54) is 0 Å². The fraction of sp³-hybridized carbons (Fsp3) is 0. The SMILES string of the molecule is Nc1cnn2cccc(Br)c12. The van der Waals surface area contributed by atoms with Gasteiger partial charge in [-0.3, -0.25) is 0 Å². The van der Waals surface area contributed by atoms with Gasteiger partial charge in [-0.15, -0.1) is 0 Å². The molecule has 2 aromatic heterocycles. The molecule has 2 heterocycles. The first kappa shape index (κ1) is 6.67. The number of nitrogens with zero attached hydrogens (tertiary/aromatic N) is 2. The molecule has 0 amide bonds. The molecule has 0 aliphatic rings. The van der Waals surface area contributed by atoms with Crippen molar-refractivity contribution < 1.29 is 0 Å². The quantitative estimate of drug-likeness (QED) is 0.721. The first-order chi connectivity index (χ1) is 5.29. The molecular formula is C7H6BrN3. The van der Waals surface area contributed by atoms with E-state index in [9.17, 15) is 0 Å². The summed E-state index contributed by atoms with van der Waals surface area (Å²) in [4.78, 5) is 0. The number of halogens is 1. The van der Waals surface area contributed by atoms with E-state index in [-0.39, 0.29) is 0 Å². The van der Waals surface area contributed by atoms with Crippen molar-refractivity contribution in [2.45, 2.75) is 0 Å². The second-order valence-corrected chi connectivity index (χ2v) is 3.10. The molecule has 0 atom stereocenters. The van der Waals surface area contributed by atoms with Crippen molar-refractivity contribution in [3.05, 3.63) is 29.0 Å². The average molecular weight is 212 g/mol. The molecule has 0 aliphatic heterocycles. The fourth-order valence-electron chi connectivity index (χ4n) is 1.02. The molecule has 0 fully saturated rings. The highest BCUT2D eigenvalue weighted by atomic mass is 79.9. The Balaban J connectivity index is 2.96. The predicted octanol–water partition coefficient (Wildman–Crippen LogP) is 1.68. The van der Waals surface area contributed by atoms with Crippen LogP contribution in [-0.2, 0) is 0 Å². The number of nitrogen functional groups attached to an aromatic ring is 1. The van der Waals surface area contributed by atoms with Crippen LogP contribution in [0.2, 0.25) is 0 Å². The lowest BCUT2D eigenvalue weighted by Crippen LogP contribution is -1.87. The molecule has 0 aromatic carbocycles. The molecule has 0 radical (unpaired) electrons. The Morgan fingerprint density at radius 2 is 2.36 bits per heavy atom. The van der Waals surface area contributed by atoms with Gasteiger partial charge in [0.25, 0.3) is 0 Å². The van der Waals surface area contributed by atoms with Crippen LogP contribution in [-0.4, -0.2) is 9.61 Å². The Kier molecular flexibility index (Phi) is 1.35. The molecule has 0 saturated heterocycles. The normalized spacial score (nSPS) is 10.6. The number of hydrogen-bond donors (Lipinski definition) is 1. The van der Waals surface area contributed by atoms with Crippen LogP contribution >= 0.6 is 15.9 Å². The van der Waals surface area contributed by atoms with E-state index in [0.717, 1.165) is 9.99 Å². The highest BCUT2D eigenvalue weighted by molar-refractivity contribution is 9.10. The minimum atomic E-state index is 0.692. The summed E-state index contributed by atoms with van der Waals surface area (Å²) in [6, 6.07) is 3.84. The van der Waals surface area contributed by atoms with Crippen LogP contribution in [0.3, 0.4) is 0 Å². The third-order valence-corrected chi connectivity index (χ3v) is 2.16. The van der Waals surface area contributed by atoms with Gasteiger partial charge >= 0.3 is 0 Å². The molecule has 0 spiro atoms. The van der Waals surface area contributed by atoms with Crippen molar-refractivity contribution >= 4 is 27.1 Å². The summed E-state index contributed by atoms with van der Waals surface area (Å²) in [5, 5.41) is 4.04. The van der Waals surface area contributed by atoms with Crippen LogP contribution in [0.4, 0.5) is 5.69 Å². The van der Waals surface area contributed by atoms with Gasteiger partial charge in [-0.05, 0) is 28.1 Å². The lowest BCUT2D eigenvalue weighted by molar-refractivity contribution is 0.958. The minimum Gasteiger partial charge on any atom is -0.396 e. The highest BCUT2D eigenvalue weighted by Crippen LogP contribution is 2.22. The van der Waals surface area contributed by atoms with Crippen LogP contribution in [0, 0.1) is 0 Å². The van der Waals surface area contributed by atoms with Crippen molar-refractivity contribution in [3.63, 3.8) is 0 Å². The molecular weight excluding hydrogens is 206 g/mol. The maximum Gasteiger partial charge on any atom is 0.103 e. The first-order valence-electron chi connectivity index (χ1n) is 3.16. The molecule has 56 valence electrons. The van der Waals surface area contributed by atoms with Gasteiger partial charge < -0.3 is 5.73 Å². The molecule has 0 aliphatic carbocycles. The summed E-state index contributed by atoms with van der Waals surface area (Å²) in [5.74, 6) is 0. The number of pyridine rings is 1. The van der Waals surface area contributed by atoms with Crippen molar-refractivity contribution in [1.29, 1.82) is 0 Å². The average Bonchev–Trinajstić information content (AvgIpc) is 2.34. The Bertz CT molecular complexity index is 393. The zero-order valence-corrected chi connectivity index (χ0v) is 7.25. The van der Waals surface area contributed by atoms with Crippen LogP contribution in [0.5, 0.6) is 0 Å².